The van der Waals surface area contributed by atoms with Crippen molar-refractivity contribution in [2.45, 2.75) is 26.9 Å². The number of hydrogen-bond acceptors (Lipinski definition) is 2. The Morgan fingerprint density at radius 1 is 0.968 bits per heavy atom. The summed E-state index contributed by atoms with van der Waals surface area (Å²) < 4.78 is 7.46. The highest BCUT2D eigenvalue weighted by molar-refractivity contribution is 6.30. The van der Waals surface area contributed by atoms with Gasteiger partial charge in [-0.2, -0.15) is 0 Å². The lowest BCUT2D eigenvalue weighted by molar-refractivity contribution is 0.0951. The molecule has 1 aromatic heterocycles. The molecule has 0 fully saturated rings. The smallest absolute Gasteiger partial charge is 0.251 e. The summed E-state index contributed by atoms with van der Waals surface area (Å²) in [6.07, 6.45) is 0. The number of ether oxygens (including phenoxy) is 1. The molecule has 5 heteroatoms. The fourth-order valence-electron chi connectivity index (χ4n) is 3.79. The number of benzene rings is 3. The molecule has 0 aliphatic rings. The largest absolute Gasteiger partial charge is 0.497 e. The van der Waals surface area contributed by atoms with Crippen LogP contribution in [0.4, 0.5) is 0 Å². The van der Waals surface area contributed by atoms with E-state index in [0.717, 1.165) is 33.8 Å². The minimum absolute atomic E-state index is 0.0831. The third-order valence-electron chi connectivity index (χ3n) is 5.77. The molecule has 3 aromatic carbocycles. The normalized spacial score (nSPS) is 11.0. The molecular formula is C26H25ClN2O2. The second-order valence-electron chi connectivity index (χ2n) is 7.69. The van der Waals surface area contributed by atoms with Crippen LogP contribution < -0.4 is 10.1 Å². The lowest BCUT2D eigenvalue weighted by Crippen LogP contribution is -2.22. The number of hydrogen-bond donors (Lipinski definition) is 1. The molecule has 4 aromatic rings. The molecule has 1 heterocycles. The molecule has 0 radical (unpaired) electrons. The van der Waals surface area contributed by atoms with E-state index in [-0.39, 0.29) is 5.91 Å². The summed E-state index contributed by atoms with van der Waals surface area (Å²) in [5, 5.41) is 4.84. The van der Waals surface area contributed by atoms with Gasteiger partial charge in [-0.25, -0.2) is 0 Å². The van der Waals surface area contributed by atoms with Gasteiger partial charge in [0.1, 0.15) is 5.75 Å². The van der Waals surface area contributed by atoms with Crippen LogP contribution in [0.5, 0.6) is 5.75 Å². The highest BCUT2D eigenvalue weighted by atomic mass is 35.5. The predicted octanol–water partition coefficient (Wildman–Crippen LogP) is 5.90. The van der Waals surface area contributed by atoms with Gasteiger partial charge in [-0.05, 0) is 73.0 Å². The van der Waals surface area contributed by atoms with Crippen LogP contribution in [0.15, 0.2) is 66.7 Å². The number of nitrogens with one attached hydrogen (secondary N) is 1. The molecule has 4 nitrogen and oxygen atoms in total. The van der Waals surface area contributed by atoms with Crippen LogP contribution in [0, 0.1) is 13.8 Å². The van der Waals surface area contributed by atoms with Crippen LogP contribution in [0.2, 0.25) is 5.02 Å². The average Bonchev–Trinajstić information content (AvgIpc) is 3.03. The summed E-state index contributed by atoms with van der Waals surface area (Å²) in [7, 11) is 1.64. The van der Waals surface area contributed by atoms with Crippen molar-refractivity contribution in [2.24, 2.45) is 0 Å². The van der Waals surface area contributed by atoms with Crippen molar-refractivity contribution in [1.82, 2.24) is 9.88 Å². The first-order chi connectivity index (χ1) is 15.0. The van der Waals surface area contributed by atoms with E-state index < -0.39 is 0 Å². The van der Waals surface area contributed by atoms with Gasteiger partial charge in [-0.15, -0.1) is 0 Å². The van der Waals surface area contributed by atoms with E-state index in [0.29, 0.717) is 12.1 Å². The summed E-state index contributed by atoms with van der Waals surface area (Å²) >= 11 is 6.02. The topological polar surface area (TPSA) is 43.3 Å². The number of aromatic nitrogens is 1. The van der Waals surface area contributed by atoms with E-state index >= 15 is 0 Å². The van der Waals surface area contributed by atoms with Crippen molar-refractivity contribution in [3.63, 3.8) is 0 Å². The van der Waals surface area contributed by atoms with Crippen LogP contribution in [0.25, 0.3) is 10.9 Å². The van der Waals surface area contributed by atoms with Gasteiger partial charge < -0.3 is 14.6 Å². The monoisotopic (exact) mass is 432 g/mol. The standard InChI is InChI=1S/C26H25ClN2O2/c1-17-18(2)29(16-20-4-9-22(27)10-5-20)25-13-8-21(14-24(17)25)26(30)28-15-19-6-11-23(31-3)12-7-19/h4-14H,15-16H2,1-3H3,(H,28,30). The maximum absolute atomic E-state index is 12.8. The molecule has 0 bridgehead atoms. The fraction of sp³-hybridized carbons (Fsp3) is 0.192. The third kappa shape index (κ3) is 4.44. The summed E-state index contributed by atoms with van der Waals surface area (Å²) in [5.74, 6) is 0.717. The van der Waals surface area contributed by atoms with Gasteiger partial charge in [0.15, 0.2) is 0 Å². The Hall–Kier alpha value is -3.24. The van der Waals surface area contributed by atoms with E-state index in [9.17, 15) is 4.79 Å². The maximum atomic E-state index is 12.8. The minimum Gasteiger partial charge on any atom is -0.497 e. The second kappa shape index (κ2) is 8.86. The highest BCUT2D eigenvalue weighted by Gasteiger charge is 2.14. The molecule has 0 spiro atoms. The van der Waals surface area contributed by atoms with Gasteiger partial charge in [0.05, 0.1) is 7.11 Å². The first-order valence-electron chi connectivity index (χ1n) is 10.2. The Kier molecular flexibility index (Phi) is 6.01. The van der Waals surface area contributed by atoms with E-state index in [1.807, 2.05) is 66.7 Å². The quantitative estimate of drug-likeness (QED) is 0.412. The van der Waals surface area contributed by atoms with Crippen molar-refractivity contribution < 1.29 is 9.53 Å². The molecule has 0 atom stereocenters. The van der Waals surface area contributed by atoms with Crippen LogP contribution in [-0.2, 0) is 13.1 Å². The first kappa shape index (κ1) is 21.0. The fourth-order valence-corrected chi connectivity index (χ4v) is 3.92. The Morgan fingerprint density at radius 3 is 2.32 bits per heavy atom. The average molecular weight is 433 g/mol. The molecular weight excluding hydrogens is 408 g/mol. The Morgan fingerprint density at radius 2 is 1.65 bits per heavy atom. The Labute approximate surface area is 187 Å². The van der Waals surface area contributed by atoms with Crippen LogP contribution in [0.3, 0.4) is 0 Å². The number of carbonyl (C=O) groups is 1. The summed E-state index contributed by atoms with van der Waals surface area (Å²) in [6.45, 7) is 5.45. The van der Waals surface area contributed by atoms with Crippen LogP contribution >= 0.6 is 11.6 Å². The molecule has 4 rings (SSSR count). The Balaban J connectivity index is 1.55. The molecule has 158 valence electrons. The third-order valence-corrected chi connectivity index (χ3v) is 6.02. The number of fused-ring (bicyclic) bond motifs is 1. The van der Waals surface area contributed by atoms with E-state index in [1.165, 1.54) is 16.8 Å². The van der Waals surface area contributed by atoms with Crippen molar-refractivity contribution in [1.29, 1.82) is 0 Å². The van der Waals surface area contributed by atoms with Gasteiger partial charge in [0, 0.05) is 40.3 Å². The van der Waals surface area contributed by atoms with E-state index in [4.69, 9.17) is 16.3 Å². The van der Waals surface area contributed by atoms with Gasteiger partial charge in [0.25, 0.3) is 5.91 Å². The first-order valence-corrected chi connectivity index (χ1v) is 10.6. The molecule has 0 unspecified atom stereocenters. The highest BCUT2D eigenvalue weighted by Crippen LogP contribution is 2.27. The van der Waals surface area contributed by atoms with Crippen molar-refractivity contribution >= 4 is 28.4 Å². The number of rotatable bonds is 6. The van der Waals surface area contributed by atoms with E-state index in [1.54, 1.807) is 7.11 Å². The maximum Gasteiger partial charge on any atom is 0.251 e. The number of methoxy groups -OCH3 is 1. The van der Waals surface area contributed by atoms with Crippen molar-refractivity contribution in [3.8, 4) is 5.75 Å². The minimum atomic E-state index is -0.0831. The zero-order valence-corrected chi connectivity index (χ0v) is 18.7. The molecule has 1 amide bonds. The molecule has 1 N–H and O–H groups in total. The molecule has 0 aliphatic carbocycles. The number of carbonyl (C=O) groups excluding carboxylic acids is 1. The number of nitrogens with zero attached hydrogens (tertiary/aromatic N) is 1. The number of aryl methyl sites for hydroxylation is 1. The van der Waals surface area contributed by atoms with Gasteiger partial charge in [-0.3, -0.25) is 4.79 Å². The molecule has 0 saturated carbocycles. The molecule has 31 heavy (non-hydrogen) atoms. The zero-order chi connectivity index (χ0) is 22.0. The predicted molar refractivity (Wildman–Crippen MR) is 126 cm³/mol. The lowest BCUT2D eigenvalue weighted by Gasteiger charge is -2.10. The van der Waals surface area contributed by atoms with Crippen molar-refractivity contribution in [3.05, 3.63) is 99.7 Å². The Bertz CT molecular complexity index is 1230. The van der Waals surface area contributed by atoms with Crippen molar-refractivity contribution in [2.75, 3.05) is 7.11 Å². The van der Waals surface area contributed by atoms with Crippen LogP contribution in [0.1, 0.15) is 32.7 Å². The van der Waals surface area contributed by atoms with Gasteiger partial charge in [0.2, 0.25) is 0 Å². The summed E-state index contributed by atoms with van der Waals surface area (Å²) in [4.78, 5) is 12.8. The number of halogens is 1. The summed E-state index contributed by atoms with van der Waals surface area (Å²) in [5.41, 5.74) is 6.38. The summed E-state index contributed by atoms with van der Waals surface area (Å²) in [6, 6.07) is 21.5. The zero-order valence-electron chi connectivity index (χ0n) is 17.9. The van der Waals surface area contributed by atoms with Crippen LogP contribution in [-0.4, -0.2) is 17.6 Å². The SMILES string of the molecule is COc1ccc(CNC(=O)c2ccc3c(c2)c(C)c(C)n3Cc2ccc(Cl)cc2)cc1. The molecule has 0 saturated heterocycles. The van der Waals surface area contributed by atoms with E-state index in [2.05, 4.69) is 23.7 Å². The second-order valence-corrected chi connectivity index (χ2v) is 8.12. The number of amides is 1. The lowest BCUT2D eigenvalue weighted by atomic mass is 10.1. The molecule has 0 aliphatic heterocycles. The van der Waals surface area contributed by atoms with Gasteiger partial charge in [-0.1, -0.05) is 35.9 Å². The van der Waals surface area contributed by atoms with Gasteiger partial charge >= 0.3 is 0 Å².